The molecule has 6 aromatic rings. The standard InChI is InChI=1S/C41H39BrN4O2/c1-41(2,42)40(47)48-30-39-25-33-7-8-38(39)29-46-23-15-37(16-24-46)35-11-19-44(20-12-35)27-32-5-3-31(4-6-32)26-43-17-9-34(10-18-43)36-13-21-45(28-33)22-14-36/h3-25H,26-30H2,1-2H3/q+4. The maximum absolute atomic E-state index is 12.7. The molecule has 7 heteroatoms. The number of esters is 1. The number of nitrogens with zero attached hydrogens (tertiary/aromatic N) is 4. The second kappa shape index (κ2) is 13.6. The van der Waals surface area contributed by atoms with Gasteiger partial charge < -0.3 is 4.74 Å². The normalized spacial score (nSPS) is 12.7. The molecule has 22 rings (SSSR count). The Morgan fingerprint density at radius 2 is 0.917 bits per heavy atom. The highest BCUT2D eigenvalue weighted by atomic mass is 79.9. The Morgan fingerprint density at radius 3 is 1.31 bits per heavy atom. The number of hydrogen-bond donors (Lipinski definition) is 0. The molecule has 2 aromatic carbocycles. The van der Waals surface area contributed by atoms with E-state index in [1.807, 2.05) is 0 Å². The van der Waals surface area contributed by atoms with Crippen LogP contribution in [0.15, 0.2) is 141 Å². The summed E-state index contributed by atoms with van der Waals surface area (Å²) >= 11 is 3.44. The van der Waals surface area contributed by atoms with Crippen molar-refractivity contribution in [2.24, 2.45) is 0 Å². The van der Waals surface area contributed by atoms with Crippen LogP contribution in [0.25, 0.3) is 22.3 Å². The summed E-state index contributed by atoms with van der Waals surface area (Å²) in [5.41, 5.74) is 10.5. The highest BCUT2D eigenvalue weighted by molar-refractivity contribution is 9.10. The van der Waals surface area contributed by atoms with Gasteiger partial charge in [-0.05, 0) is 47.7 Å². The third-order valence-corrected chi connectivity index (χ3v) is 9.14. The summed E-state index contributed by atoms with van der Waals surface area (Å²) in [6.07, 6.45) is 17.1. The van der Waals surface area contributed by atoms with Crippen LogP contribution in [-0.4, -0.2) is 10.3 Å². The lowest BCUT2D eigenvalue weighted by molar-refractivity contribution is -0.689. The van der Waals surface area contributed by atoms with Crippen LogP contribution < -0.4 is 18.3 Å². The summed E-state index contributed by atoms with van der Waals surface area (Å²) in [5, 5.41) is 0. The predicted molar refractivity (Wildman–Crippen MR) is 187 cm³/mol. The van der Waals surface area contributed by atoms with Crippen molar-refractivity contribution in [3.05, 3.63) is 168 Å². The minimum absolute atomic E-state index is 0.210. The van der Waals surface area contributed by atoms with Gasteiger partial charge in [0, 0.05) is 70.8 Å². The van der Waals surface area contributed by atoms with Gasteiger partial charge in [-0.1, -0.05) is 52.3 Å². The minimum atomic E-state index is -0.746. The molecule has 20 heterocycles. The van der Waals surface area contributed by atoms with Crippen molar-refractivity contribution in [3.8, 4) is 22.3 Å². The first-order valence-electron chi connectivity index (χ1n) is 16.3. The summed E-state index contributed by atoms with van der Waals surface area (Å²) in [7, 11) is 0. The van der Waals surface area contributed by atoms with E-state index >= 15 is 0 Å². The Bertz CT molecular complexity index is 2030. The van der Waals surface area contributed by atoms with Crippen molar-refractivity contribution in [2.75, 3.05) is 0 Å². The zero-order valence-corrected chi connectivity index (χ0v) is 28.9. The second-order valence-corrected chi connectivity index (χ2v) is 15.0. The molecule has 238 valence electrons. The number of hydrogen-bond acceptors (Lipinski definition) is 2. The van der Waals surface area contributed by atoms with Crippen LogP contribution in [0.3, 0.4) is 0 Å². The van der Waals surface area contributed by atoms with Gasteiger partial charge in [-0.15, -0.1) is 0 Å². The number of halogens is 1. The fraction of sp³-hybridized carbons (Fsp3) is 0.195. The highest BCUT2D eigenvalue weighted by Gasteiger charge is 2.26. The highest BCUT2D eigenvalue weighted by Crippen LogP contribution is 2.22. The molecule has 0 spiro atoms. The van der Waals surface area contributed by atoms with Crippen LogP contribution >= 0.6 is 15.9 Å². The van der Waals surface area contributed by atoms with E-state index in [-0.39, 0.29) is 12.6 Å². The van der Waals surface area contributed by atoms with Crippen molar-refractivity contribution in [1.82, 2.24) is 0 Å². The fourth-order valence-electron chi connectivity index (χ4n) is 5.98. The number of carbonyl (C=O) groups excluding carboxylic acids is 1. The summed E-state index contributed by atoms with van der Waals surface area (Å²) in [6.45, 7) is 6.83. The smallest absolute Gasteiger partial charge is 0.322 e. The Hall–Kier alpha value is -5.01. The van der Waals surface area contributed by atoms with E-state index < -0.39 is 4.32 Å². The molecular formula is C41H39BrN4O2+4. The topological polar surface area (TPSA) is 41.8 Å². The van der Waals surface area contributed by atoms with E-state index in [2.05, 4.69) is 175 Å². The van der Waals surface area contributed by atoms with Gasteiger partial charge in [0.05, 0.1) is 0 Å². The van der Waals surface area contributed by atoms with Crippen LogP contribution in [0, 0.1) is 0 Å². The Kier molecular flexibility index (Phi) is 8.96. The lowest BCUT2D eigenvalue weighted by Crippen LogP contribution is -2.35. The van der Waals surface area contributed by atoms with E-state index in [9.17, 15) is 4.79 Å². The average molecular weight is 700 g/mol. The van der Waals surface area contributed by atoms with Crippen molar-refractivity contribution in [1.29, 1.82) is 0 Å². The maximum Gasteiger partial charge on any atom is 0.322 e. The SMILES string of the molecule is CC(C)(Br)C(=O)OCc1cc2ccc1C[n+]1ccc(cc1)-c1cc[n+](cc1)Cc1ccc(cc1)C[n+]1ccc(cc1)-c1cc[n+](cc1)C2. The monoisotopic (exact) mass is 698 g/mol. The van der Waals surface area contributed by atoms with Gasteiger partial charge >= 0.3 is 5.97 Å². The lowest BCUT2D eigenvalue weighted by Gasteiger charge is -2.16. The summed E-state index contributed by atoms with van der Waals surface area (Å²) in [5.74, 6) is -0.286. The fourth-order valence-corrected chi connectivity index (χ4v) is 6.10. The predicted octanol–water partition coefficient (Wildman–Crippen LogP) is 5.89. The number of aromatic nitrogens is 4. The molecule has 0 saturated heterocycles. The number of alkyl halides is 1. The maximum atomic E-state index is 12.7. The van der Waals surface area contributed by atoms with Gasteiger partial charge in [0.25, 0.3) is 0 Å². The largest absolute Gasteiger partial charge is 0.460 e. The van der Waals surface area contributed by atoms with E-state index in [1.165, 1.54) is 27.8 Å². The minimum Gasteiger partial charge on any atom is -0.460 e. The van der Waals surface area contributed by atoms with Gasteiger partial charge in [-0.3, -0.25) is 4.79 Å². The Balaban J connectivity index is 1.22. The van der Waals surface area contributed by atoms with Gasteiger partial charge in [-0.25, -0.2) is 18.3 Å². The van der Waals surface area contributed by atoms with Crippen molar-refractivity contribution >= 4 is 21.9 Å². The molecule has 0 saturated carbocycles. The van der Waals surface area contributed by atoms with Crippen LogP contribution in [0.1, 0.15) is 41.7 Å². The first-order valence-corrected chi connectivity index (χ1v) is 17.1. The van der Waals surface area contributed by atoms with Crippen LogP contribution in [0.2, 0.25) is 0 Å². The molecule has 0 fully saturated rings. The van der Waals surface area contributed by atoms with Crippen molar-refractivity contribution in [2.45, 2.75) is 51.0 Å². The molecule has 4 aromatic heterocycles. The number of carbonyl (C=O) groups is 1. The average Bonchev–Trinajstić information content (AvgIpc) is 3.10. The Morgan fingerprint density at radius 1 is 0.562 bits per heavy atom. The zero-order valence-electron chi connectivity index (χ0n) is 27.3. The first-order chi connectivity index (χ1) is 23.2. The molecule has 16 aliphatic rings. The zero-order chi connectivity index (χ0) is 33.1. The molecule has 0 amide bonds. The van der Waals surface area contributed by atoms with Crippen LogP contribution in [0.4, 0.5) is 0 Å². The molecule has 0 aliphatic carbocycles. The number of rotatable bonds is 3. The first kappa shape index (κ1) is 31.6. The van der Waals surface area contributed by atoms with Gasteiger partial charge in [-0.2, -0.15) is 0 Å². The summed E-state index contributed by atoms with van der Waals surface area (Å²) in [4.78, 5) is 12.7. The molecule has 16 aliphatic heterocycles. The molecule has 0 radical (unpaired) electrons. The van der Waals surface area contributed by atoms with E-state index in [0.29, 0.717) is 13.1 Å². The van der Waals surface area contributed by atoms with E-state index in [4.69, 9.17) is 4.74 Å². The summed E-state index contributed by atoms with van der Waals surface area (Å²) < 4.78 is 13.8. The number of benzene rings is 2. The number of pyridine rings is 4. The van der Waals surface area contributed by atoms with E-state index in [0.717, 1.165) is 35.3 Å². The molecule has 0 N–H and O–H groups in total. The number of ether oxygens (including phenoxy) is 1. The van der Waals surface area contributed by atoms with Gasteiger partial charge in [0.2, 0.25) is 0 Å². The molecule has 0 atom stereocenters. The third kappa shape index (κ3) is 7.58. The second-order valence-electron chi connectivity index (χ2n) is 13.0. The van der Waals surface area contributed by atoms with E-state index in [1.54, 1.807) is 13.8 Å². The molecule has 0 unspecified atom stereocenters. The quantitative estimate of drug-likeness (QED) is 0.131. The lowest BCUT2D eigenvalue weighted by atomic mass is 10.0. The van der Waals surface area contributed by atoms with Crippen LogP contribution in [0.5, 0.6) is 0 Å². The summed E-state index contributed by atoms with van der Waals surface area (Å²) in [6, 6.07) is 32.7. The molecule has 12 bridgehead atoms. The van der Waals surface area contributed by atoms with Gasteiger partial charge in [0.15, 0.2) is 75.8 Å². The molecular weight excluding hydrogens is 660 g/mol. The van der Waals surface area contributed by atoms with Gasteiger partial charge in [0.1, 0.15) is 10.9 Å². The Labute approximate surface area is 290 Å². The molecule has 6 nitrogen and oxygen atoms in total. The van der Waals surface area contributed by atoms with Crippen LogP contribution in [-0.2, 0) is 42.3 Å². The molecule has 48 heavy (non-hydrogen) atoms. The third-order valence-electron chi connectivity index (χ3n) is 8.82. The van der Waals surface area contributed by atoms with Crippen molar-refractivity contribution < 1.29 is 27.8 Å². The van der Waals surface area contributed by atoms with Crippen molar-refractivity contribution in [3.63, 3.8) is 0 Å².